The maximum atomic E-state index is 12.7. The van der Waals surface area contributed by atoms with Gasteiger partial charge in [0.05, 0.1) is 27.7 Å². The summed E-state index contributed by atoms with van der Waals surface area (Å²) in [6, 6.07) is 0. The van der Waals surface area contributed by atoms with Gasteiger partial charge in [0.15, 0.2) is 6.10 Å². The van der Waals surface area contributed by atoms with Crippen LogP contribution in [0.15, 0.2) is 36.5 Å². The monoisotopic (exact) mass is 816 g/mol. The molecule has 0 aromatic heterocycles. The average Bonchev–Trinajstić information content (AvgIpc) is 3.15. The number of ether oxygens (including phenoxy) is 2. The van der Waals surface area contributed by atoms with E-state index in [0.29, 0.717) is 23.9 Å². The molecule has 0 radical (unpaired) electrons. The lowest BCUT2D eigenvalue weighted by atomic mass is 10.1. The van der Waals surface area contributed by atoms with Crippen molar-refractivity contribution in [3.63, 3.8) is 0 Å². The predicted molar refractivity (Wildman–Crippen MR) is 225 cm³/mol. The predicted octanol–water partition coefficient (Wildman–Crippen LogP) is 11.0. The average molecular weight is 816 g/mol. The number of quaternary nitrogens is 1. The molecule has 1 N–H and O–H groups in total. The van der Waals surface area contributed by atoms with Gasteiger partial charge in [0.2, 0.25) is 0 Å². The van der Waals surface area contributed by atoms with Crippen LogP contribution in [0.5, 0.6) is 0 Å². The van der Waals surface area contributed by atoms with Crippen LogP contribution in [0.3, 0.4) is 0 Å². The number of allylic oxidation sites excluding steroid dienone is 5. The number of hydrogen-bond donors (Lipinski definition) is 1. The highest BCUT2D eigenvalue weighted by Gasteiger charge is 2.21. The number of phosphoric ester groups is 1. The second kappa shape index (κ2) is 37.4. The van der Waals surface area contributed by atoms with E-state index in [1.807, 2.05) is 39.4 Å². The molecule has 56 heavy (non-hydrogen) atoms. The lowest BCUT2D eigenvalue weighted by molar-refractivity contribution is -0.870. The van der Waals surface area contributed by atoms with Gasteiger partial charge in [-0.2, -0.15) is 0 Å². The van der Waals surface area contributed by atoms with Crippen molar-refractivity contribution in [1.82, 2.24) is 0 Å². The molecule has 0 aromatic rings. The molecule has 0 aliphatic heterocycles. The van der Waals surface area contributed by atoms with Crippen molar-refractivity contribution in [2.45, 2.75) is 187 Å². The van der Waals surface area contributed by atoms with Crippen LogP contribution < -0.4 is 4.89 Å². The summed E-state index contributed by atoms with van der Waals surface area (Å²) < 4.78 is 33.8. The Morgan fingerprint density at radius 1 is 0.661 bits per heavy atom. The van der Waals surface area contributed by atoms with Crippen LogP contribution in [-0.4, -0.2) is 81.4 Å². The van der Waals surface area contributed by atoms with Crippen LogP contribution in [0.4, 0.5) is 0 Å². The van der Waals surface area contributed by atoms with Gasteiger partial charge in [0.25, 0.3) is 7.82 Å². The van der Waals surface area contributed by atoms with Crippen LogP contribution >= 0.6 is 7.82 Å². The molecular weight excluding hydrogens is 733 g/mol. The standard InChI is InChI=1S/C44H82NO10P/c1-6-8-10-11-12-13-14-15-16-17-18-21-24-27-31-35-43(46)51-39-42(40-53-56(49,50)52-38-37-45(3,4)5)54-44(47)36-32-28-25-22-19-20-23-26-30-34-41(55-48)33-29-9-7-2/h15-16,23,26,30,34,41-42H,6-14,17-22,24-25,27-29,31-33,35-40H2,1-5H3,(H-,48,49,50)/b16-15-,26-23-,34-30+. The fourth-order valence-corrected chi connectivity index (χ4v) is 6.53. The van der Waals surface area contributed by atoms with Gasteiger partial charge in [-0.15, -0.1) is 0 Å². The van der Waals surface area contributed by atoms with E-state index in [0.717, 1.165) is 89.9 Å². The van der Waals surface area contributed by atoms with Crippen molar-refractivity contribution in [1.29, 1.82) is 0 Å². The first-order chi connectivity index (χ1) is 26.9. The number of rotatable bonds is 40. The highest BCUT2D eigenvalue weighted by Crippen LogP contribution is 2.38. The van der Waals surface area contributed by atoms with Crippen LogP contribution in [0.2, 0.25) is 0 Å². The van der Waals surface area contributed by atoms with Gasteiger partial charge in [-0.05, 0) is 57.8 Å². The van der Waals surface area contributed by atoms with E-state index in [4.69, 9.17) is 23.8 Å². The first kappa shape index (κ1) is 54.2. The van der Waals surface area contributed by atoms with Crippen molar-refractivity contribution in [3.8, 4) is 0 Å². The summed E-state index contributed by atoms with van der Waals surface area (Å²) in [4.78, 5) is 42.0. The van der Waals surface area contributed by atoms with E-state index < -0.39 is 32.5 Å². The maximum absolute atomic E-state index is 12.7. The van der Waals surface area contributed by atoms with Gasteiger partial charge in [0, 0.05) is 12.8 Å². The third kappa shape index (κ3) is 39.0. The van der Waals surface area contributed by atoms with Crippen molar-refractivity contribution in [2.24, 2.45) is 0 Å². The van der Waals surface area contributed by atoms with Crippen molar-refractivity contribution in [3.05, 3.63) is 36.5 Å². The van der Waals surface area contributed by atoms with Crippen molar-refractivity contribution in [2.75, 3.05) is 47.5 Å². The van der Waals surface area contributed by atoms with Crippen LogP contribution in [-0.2, 0) is 37.6 Å². The lowest BCUT2D eigenvalue weighted by Crippen LogP contribution is -2.37. The highest BCUT2D eigenvalue weighted by molar-refractivity contribution is 7.45. The van der Waals surface area contributed by atoms with Gasteiger partial charge in [-0.3, -0.25) is 19.4 Å². The molecular formula is C44H82NO10P. The van der Waals surface area contributed by atoms with Gasteiger partial charge in [-0.1, -0.05) is 140 Å². The zero-order chi connectivity index (χ0) is 41.6. The molecule has 0 aliphatic carbocycles. The normalized spacial score (nSPS) is 14.5. The quantitative estimate of drug-likeness (QED) is 0.00928. The Hall–Kier alpha value is -1.85. The zero-order valence-electron chi connectivity index (χ0n) is 36.1. The molecule has 328 valence electrons. The highest BCUT2D eigenvalue weighted by atomic mass is 31.2. The summed E-state index contributed by atoms with van der Waals surface area (Å²) >= 11 is 0. The SMILES string of the molecule is CCCCCCCC/C=C\CCCCCCCC(=O)OCC(COP(=O)([O-])OCC[N+](C)(C)C)OC(=O)CCCCCCC/C=C\C=C\C(CCCCC)OO. The molecule has 0 bridgehead atoms. The van der Waals surface area contributed by atoms with Crippen molar-refractivity contribution < 1.29 is 52.2 Å². The Bertz CT molecular complexity index is 1070. The number of hydrogen-bond acceptors (Lipinski definition) is 10. The van der Waals surface area contributed by atoms with Gasteiger partial charge in [0.1, 0.15) is 25.9 Å². The molecule has 0 aromatic carbocycles. The fraction of sp³-hybridized carbons (Fsp3) is 0.818. The molecule has 3 atom stereocenters. The number of phosphoric acid groups is 1. The number of likely N-dealkylation sites (N-methyl/N-ethyl adjacent to an activating group) is 1. The summed E-state index contributed by atoms with van der Waals surface area (Å²) in [5.74, 6) is -0.905. The Morgan fingerprint density at radius 2 is 1.18 bits per heavy atom. The van der Waals surface area contributed by atoms with Gasteiger partial charge < -0.3 is 27.9 Å². The van der Waals surface area contributed by atoms with Crippen LogP contribution in [0, 0.1) is 0 Å². The number of nitrogens with zero attached hydrogens (tertiary/aromatic N) is 1. The first-order valence-corrected chi connectivity index (χ1v) is 23.4. The van der Waals surface area contributed by atoms with E-state index in [1.54, 1.807) is 0 Å². The Labute approximate surface area is 341 Å². The summed E-state index contributed by atoms with van der Waals surface area (Å²) in [6.07, 6.45) is 36.2. The molecule has 0 fully saturated rings. The topological polar surface area (TPSA) is 141 Å². The second-order valence-electron chi connectivity index (χ2n) is 16.0. The summed E-state index contributed by atoms with van der Waals surface area (Å²) in [7, 11) is 1.10. The van der Waals surface area contributed by atoms with Gasteiger partial charge in [-0.25, -0.2) is 4.89 Å². The molecule has 0 saturated heterocycles. The molecule has 0 heterocycles. The fourth-order valence-electron chi connectivity index (χ4n) is 5.80. The van der Waals surface area contributed by atoms with Gasteiger partial charge >= 0.3 is 11.9 Å². The number of unbranched alkanes of at least 4 members (excludes halogenated alkanes) is 18. The Kier molecular flexibility index (Phi) is 36.2. The molecule has 3 unspecified atom stereocenters. The maximum Gasteiger partial charge on any atom is 0.306 e. The van der Waals surface area contributed by atoms with E-state index in [-0.39, 0.29) is 32.2 Å². The minimum absolute atomic E-state index is 0.0489. The van der Waals surface area contributed by atoms with E-state index in [1.165, 1.54) is 44.9 Å². The Balaban J connectivity index is 4.48. The molecule has 0 aliphatic rings. The smallest absolute Gasteiger partial charge is 0.306 e. The number of carbonyl (C=O) groups is 2. The third-order valence-corrected chi connectivity index (χ3v) is 10.3. The molecule has 12 heteroatoms. The van der Waals surface area contributed by atoms with Crippen LogP contribution in [0.1, 0.15) is 174 Å². The summed E-state index contributed by atoms with van der Waals surface area (Å²) in [6.45, 7) is 4.01. The van der Waals surface area contributed by atoms with Crippen molar-refractivity contribution >= 4 is 19.8 Å². The van der Waals surface area contributed by atoms with E-state index in [9.17, 15) is 19.0 Å². The zero-order valence-corrected chi connectivity index (χ0v) is 37.0. The summed E-state index contributed by atoms with van der Waals surface area (Å²) in [5.41, 5.74) is 0. The third-order valence-electron chi connectivity index (χ3n) is 9.35. The molecule has 0 spiro atoms. The molecule has 0 saturated carbocycles. The largest absolute Gasteiger partial charge is 0.756 e. The molecule has 11 nitrogen and oxygen atoms in total. The minimum Gasteiger partial charge on any atom is -0.756 e. The minimum atomic E-state index is -4.65. The first-order valence-electron chi connectivity index (χ1n) is 22.0. The molecule has 0 amide bonds. The second-order valence-corrected chi connectivity index (χ2v) is 17.4. The van der Waals surface area contributed by atoms with E-state index in [2.05, 4.69) is 37.0 Å². The summed E-state index contributed by atoms with van der Waals surface area (Å²) in [5, 5.41) is 9.02. The lowest BCUT2D eigenvalue weighted by Gasteiger charge is -2.28. The van der Waals surface area contributed by atoms with E-state index >= 15 is 0 Å². The number of esters is 2. The molecule has 0 rings (SSSR count). The Morgan fingerprint density at radius 3 is 1.75 bits per heavy atom. The number of carbonyl (C=O) groups excluding carboxylic acids is 2. The van der Waals surface area contributed by atoms with Crippen LogP contribution in [0.25, 0.3) is 0 Å².